The summed E-state index contributed by atoms with van der Waals surface area (Å²) in [5, 5.41) is 2.98. The highest BCUT2D eigenvalue weighted by molar-refractivity contribution is 6.03. The Hall–Kier alpha value is -2.82. The first-order valence-corrected chi connectivity index (χ1v) is 10.1. The van der Waals surface area contributed by atoms with Gasteiger partial charge in [-0.05, 0) is 68.1 Å². The lowest BCUT2D eigenvalue weighted by atomic mass is 10.1. The van der Waals surface area contributed by atoms with Gasteiger partial charge in [-0.15, -0.1) is 0 Å². The van der Waals surface area contributed by atoms with Gasteiger partial charge in [-0.3, -0.25) is 9.59 Å². The summed E-state index contributed by atoms with van der Waals surface area (Å²) in [6.45, 7) is 4.64. The van der Waals surface area contributed by atoms with Crippen molar-refractivity contribution >= 4 is 28.9 Å². The quantitative estimate of drug-likeness (QED) is 0.877. The minimum Gasteiger partial charge on any atom is -0.372 e. The van der Waals surface area contributed by atoms with Gasteiger partial charge in [-0.1, -0.05) is 12.1 Å². The van der Waals surface area contributed by atoms with E-state index in [2.05, 4.69) is 22.3 Å². The van der Waals surface area contributed by atoms with Crippen LogP contribution < -0.4 is 15.1 Å². The van der Waals surface area contributed by atoms with Crippen molar-refractivity contribution in [1.82, 2.24) is 0 Å². The van der Waals surface area contributed by atoms with Crippen molar-refractivity contribution in [2.45, 2.75) is 32.6 Å². The van der Waals surface area contributed by atoms with Gasteiger partial charge in [0, 0.05) is 43.1 Å². The smallest absolute Gasteiger partial charge is 0.229 e. The zero-order chi connectivity index (χ0) is 19.5. The zero-order valence-corrected chi connectivity index (χ0v) is 16.4. The second-order valence-corrected chi connectivity index (χ2v) is 7.83. The van der Waals surface area contributed by atoms with Crippen LogP contribution in [0.3, 0.4) is 0 Å². The van der Waals surface area contributed by atoms with E-state index in [-0.39, 0.29) is 24.2 Å². The Morgan fingerprint density at radius 3 is 2.46 bits per heavy atom. The molecule has 2 aromatic rings. The number of hydrogen-bond acceptors (Lipinski definition) is 3. The number of anilines is 3. The van der Waals surface area contributed by atoms with E-state index in [1.54, 1.807) is 4.90 Å². The van der Waals surface area contributed by atoms with E-state index in [0.717, 1.165) is 30.0 Å². The fraction of sp³-hybridized carbons (Fsp3) is 0.391. The third-order valence-corrected chi connectivity index (χ3v) is 5.67. The Kier molecular flexibility index (Phi) is 5.33. The predicted octanol–water partition coefficient (Wildman–Crippen LogP) is 3.98. The molecule has 0 spiro atoms. The molecular weight excluding hydrogens is 350 g/mol. The van der Waals surface area contributed by atoms with Crippen molar-refractivity contribution in [1.29, 1.82) is 0 Å². The lowest BCUT2D eigenvalue weighted by Gasteiger charge is -2.28. The van der Waals surface area contributed by atoms with E-state index < -0.39 is 0 Å². The first-order valence-electron chi connectivity index (χ1n) is 10.1. The number of nitrogens with zero attached hydrogens (tertiary/aromatic N) is 2. The first kappa shape index (κ1) is 18.5. The summed E-state index contributed by atoms with van der Waals surface area (Å²) in [4.78, 5) is 29.2. The minimum atomic E-state index is -0.324. The Morgan fingerprint density at radius 1 is 1.00 bits per heavy atom. The van der Waals surface area contributed by atoms with Gasteiger partial charge in [-0.25, -0.2) is 0 Å². The molecule has 5 heteroatoms. The molecule has 5 nitrogen and oxygen atoms in total. The molecule has 2 aliphatic heterocycles. The molecule has 2 fully saturated rings. The molecule has 0 saturated carbocycles. The maximum Gasteiger partial charge on any atom is 0.229 e. The van der Waals surface area contributed by atoms with Crippen molar-refractivity contribution in [3.8, 4) is 0 Å². The SMILES string of the molecule is Cc1cccc(N2CC(C(=O)Nc3ccc(N4CCCCC4)cc3)CC2=O)c1. The van der Waals surface area contributed by atoms with E-state index in [9.17, 15) is 9.59 Å². The number of rotatable bonds is 4. The van der Waals surface area contributed by atoms with Crippen LogP contribution in [0.1, 0.15) is 31.2 Å². The average molecular weight is 377 g/mol. The normalized spacial score (nSPS) is 19.8. The number of nitrogens with one attached hydrogen (secondary N) is 1. The second kappa shape index (κ2) is 8.05. The largest absolute Gasteiger partial charge is 0.372 e. The predicted molar refractivity (Wildman–Crippen MR) is 113 cm³/mol. The van der Waals surface area contributed by atoms with Crippen LogP contribution in [-0.4, -0.2) is 31.4 Å². The summed E-state index contributed by atoms with van der Waals surface area (Å²) in [5.74, 6) is -0.407. The maximum absolute atomic E-state index is 12.7. The standard InChI is InChI=1S/C23H27N3O2/c1-17-6-5-7-21(14-17)26-16-18(15-22(26)27)23(28)24-19-8-10-20(11-9-19)25-12-3-2-4-13-25/h5-11,14,18H,2-4,12-13,15-16H2,1H3,(H,24,28). The van der Waals surface area contributed by atoms with Gasteiger partial charge in [0.15, 0.2) is 0 Å². The summed E-state index contributed by atoms with van der Waals surface area (Å²) < 4.78 is 0. The molecule has 2 aromatic carbocycles. The Bertz CT molecular complexity index is 856. The maximum atomic E-state index is 12.7. The molecule has 0 bridgehead atoms. The van der Waals surface area contributed by atoms with Crippen molar-refractivity contribution in [3.05, 3.63) is 54.1 Å². The van der Waals surface area contributed by atoms with Crippen LogP contribution >= 0.6 is 0 Å². The number of carbonyl (C=O) groups excluding carboxylic acids is 2. The number of carbonyl (C=O) groups is 2. The third-order valence-electron chi connectivity index (χ3n) is 5.67. The monoisotopic (exact) mass is 377 g/mol. The molecule has 1 atom stereocenters. The molecule has 1 unspecified atom stereocenters. The molecule has 4 rings (SSSR count). The van der Waals surface area contributed by atoms with Crippen molar-refractivity contribution < 1.29 is 9.59 Å². The Morgan fingerprint density at radius 2 is 1.75 bits per heavy atom. The summed E-state index contributed by atoms with van der Waals surface area (Å²) in [6, 6.07) is 15.9. The molecule has 0 aromatic heterocycles. The molecule has 28 heavy (non-hydrogen) atoms. The van der Waals surface area contributed by atoms with Gasteiger partial charge in [0.05, 0.1) is 5.92 Å². The van der Waals surface area contributed by atoms with Gasteiger partial charge in [0.25, 0.3) is 0 Å². The number of aryl methyl sites for hydroxylation is 1. The van der Waals surface area contributed by atoms with Crippen molar-refractivity contribution in [2.24, 2.45) is 5.92 Å². The number of benzene rings is 2. The van der Waals surface area contributed by atoms with E-state index in [1.807, 2.05) is 43.3 Å². The molecule has 2 saturated heterocycles. The highest BCUT2D eigenvalue weighted by Gasteiger charge is 2.35. The molecule has 1 N–H and O–H groups in total. The summed E-state index contributed by atoms with van der Waals surface area (Å²) in [6.07, 6.45) is 4.05. The molecule has 0 aliphatic carbocycles. The van der Waals surface area contributed by atoms with Gasteiger partial charge >= 0.3 is 0 Å². The molecule has 146 valence electrons. The number of hydrogen-bond donors (Lipinski definition) is 1. The van der Waals surface area contributed by atoms with E-state index >= 15 is 0 Å². The first-order chi connectivity index (χ1) is 13.6. The summed E-state index contributed by atoms with van der Waals surface area (Å²) in [5.41, 5.74) is 3.96. The lowest BCUT2D eigenvalue weighted by molar-refractivity contribution is -0.122. The fourth-order valence-electron chi connectivity index (χ4n) is 4.08. The minimum absolute atomic E-state index is 0.00574. The average Bonchev–Trinajstić information content (AvgIpc) is 3.11. The summed E-state index contributed by atoms with van der Waals surface area (Å²) in [7, 11) is 0. The molecule has 2 amide bonds. The highest BCUT2D eigenvalue weighted by atomic mass is 16.2. The van der Waals surface area contributed by atoms with E-state index in [4.69, 9.17) is 0 Å². The second-order valence-electron chi connectivity index (χ2n) is 7.83. The number of amides is 2. The van der Waals surface area contributed by atoms with E-state index in [1.165, 1.54) is 24.9 Å². The van der Waals surface area contributed by atoms with Gasteiger partial charge < -0.3 is 15.1 Å². The lowest BCUT2D eigenvalue weighted by Crippen LogP contribution is -2.29. The van der Waals surface area contributed by atoms with Crippen LogP contribution in [0.25, 0.3) is 0 Å². The van der Waals surface area contributed by atoms with Crippen molar-refractivity contribution in [3.63, 3.8) is 0 Å². The van der Waals surface area contributed by atoms with Gasteiger partial charge in [0.1, 0.15) is 0 Å². The van der Waals surface area contributed by atoms with Crippen LogP contribution in [0.4, 0.5) is 17.1 Å². The molecule has 2 aliphatic rings. The topological polar surface area (TPSA) is 52.7 Å². The van der Waals surface area contributed by atoms with Gasteiger partial charge in [-0.2, -0.15) is 0 Å². The van der Waals surface area contributed by atoms with E-state index in [0.29, 0.717) is 6.54 Å². The fourth-order valence-corrected chi connectivity index (χ4v) is 4.08. The Balaban J connectivity index is 1.38. The van der Waals surface area contributed by atoms with Crippen LogP contribution in [0.2, 0.25) is 0 Å². The summed E-state index contributed by atoms with van der Waals surface area (Å²) >= 11 is 0. The highest BCUT2D eigenvalue weighted by Crippen LogP contribution is 2.27. The molecule has 0 radical (unpaired) electrons. The number of piperidine rings is 1. The van der Waals surface area contributed by atoms with Crippen LogP contribution in [0.5, 0.6) is 0 Å². The zero-order valence-electron chi connectivity index (χ0n) is 16.4. The van der Waals surface area contributed by atoms with Crippen LogP contribution in [0, 0.1) is 12.8 Å². The van der Waals surface area contributed by atoms with Gasteiger partial charge in [0.2, 0.25) is 11.8 Å². The van der Waals surface area contributed by atoms with Crippen LogP contribution in [-0.2, 0) is 9.59 Å². The molecule has 2 heterocycles. The van der Waals surface area contributed by atoms with Crippen LogP contribution in [0.15, 0.2) is 48.5 Å². The third kappa shape index (κ3) is 4.03. The van der Waals surface area contributed by atoms with Crippen molar-refractivity contribution in [2.75, 3.05) is 34.8 Å². The Labute approximate surface area is 166 Å². The molecular formula is C23H27N3O2.